The number of nitrogens with zero attached hydrogens (tertiary/aromatic N) is 5. The number of aliphatic imine (C=N–C) groups is 1. The minimum Gasteiger partial charge on any atom is -0.489 e. The molecule has 21 nitrogen and oxygen atoms in total. The van der Waals surface area contributed by atoms with E-state index >= 15 is 4.39 Å². The second kappa shape index (κ2) is 28.4. The number of urea groups is 1. The Morgan fingerprint density at radius 1 is 0.899 bits per heavy atom. The molecule has 0 spiro atoms. The number of hydrogen-bond donors (Lipinski definition) is 7. The zero-order valence-corrected chi connectivity index (χ0v) is 46.0. The van der Waals surface area contributed by atoms with E-state index in [0.717, 1.165) is 11.0 Å². The maximum Gasteiger partial charge on any atom is 0.410 e. The van der Waals surface area contributed by atoms with E-state index in [9.17, 15) is 43.1 Å². The number of benzene rings is 2. The number of primary amides is 1. The van der Waals surface area contributed by atoms with Crippen LogP contribution in [0.25, 0.3) is 16.8 Å². The lowest BCUT2D eigenvalue weighted by molar-refractivity contribution is -0.137. The van der Waals surface area contributed by atoms with Crippen LogP contribution in [0, 0.1) is 23.0 Å². The number of imide groups is 1. The van der Waals surface area contributed by atoms with Crippen molar-refractivity contribution in [2.24, 2.45) is 27.8 Å². The highest BCUT2D eigenvalue weighted by Gasteiger charge is 2.30. The Bertz CT molecular complexity index is 2930. The van der Waals surface area contributed by atoms with Crippen LogP contribution in [0.5, 0.6) is 5.75 Å². The molecule has 3 atom stereocenters. The number of nitrogens with two attached hydrogens (primary N) is 2. The maximum atomic E-state index is 15.5. The number of aliphatic hydroxyl groups is 1. The third-order valence-corrected chi connectivity index (χ3v) is 13.1. The predicted octanol–water partition coefficient (Wildman–Crippen LogP) is 6.03. The smallest absolute Gasteiger partial charge is 0.410 e. The molecular weight excluding hydrogens is 1020 g/mol. The SMILES string of the molecule is CN=C(C)/C(CCOc1c(-c2ccc3ncc(CN(C)C(=O)OCc4ccc(NC(=O)[C@H](CCCNC(N)=O)NC(=O)[C@@H](NC(=O)CCCCCN5C(=O)C=CC5=O)C(C)C)cc4)n3c2)ccc(F)c1F)=C(\N)C(O)C(C)(C)C. The zero-order valence-electron chi connectivity index (χ0n) is 46.0. The van der Waals surface area contributed by atoms with E-state index in [-0.39, 0.29) is 99.2 Å². The fourth-order valence-corrected chi connectivity index (χ4v) is 8.45. The first-order chi connectivity index (χ1) is 37.4. The molecular formula is C56H73F2N11O10. The van der Waals surface area contributed by atoms with Gasteiger partial charge in [0.15, 0.2) is 11.6 Å². The second-order valence-electron chi connectivity index (χ2n) is 20.6. The highest BCUT2D eigenvalue weighted by atomic mass is 19.2. The highest BCUT2D eigenvalue weighted by Crippen LogP contribution is 2.35. The number of imidazole rings is 1. The molecule has 23 heteroatoms. The largest absolute Gasteiger partial charge is 0.489 e. The maximum absolute atomic E-state index is 15.5. The number of hydrogen-bond acceptors (Lipinski definition) is 13. The molecule has 0 fully saturated rings. The van der Waals surface area contributed by atoms with Crippen LogP contribution in [0.15, 0.2) is 89.3 Å². The fraction of sp³-hybridized carbons (Fsp3) is 0.446. The Labute approximate surface area is 458 Å². The molecule has 1 aliphatic heterocycles. The lowest BCUT2D eigenvalue weighted by atomic mass is 9.85. The van der Waals surface area contributed by atoms with E-state index in [1.165, 1.54) is 30.2 Å². The van der Waals surface area contributed by atoms with Crippen LogP contribution in [-0.2, 0) is 41.9 Å². The number of anilines is 1. The number of fused-ring (bicyclic) bond motifs is 1. The number of unbranched alkanes of at least 4 members (excludes halogenated alkanes) is 2. The molecule has 9 N–H and O–H groups in total. The number of carbonyl (C=O) groups is 7. The molecule has 8 amide bonds. The first-order valence-corrected chi connectivity index (χ1v) is 26.0. The Morgan fingerprint density at radius 3 is 2.24 bits per heavy atom. The topological polar surface area (TPSA) is 294 Å². The zero-order chi connectivity index (χ0) is 58.1. The lowest BCUT2D eigenvalue weighted by Gasteiger charge is -2.28. The molecule has 1 aliphatic rings. The summed E-state index contributed by atoms with van der Waals surface area (Å²) in [6.45, 7) is 10.9. The molecule has 5 rings (SSSR count). The summed E-state index contributed by atoms with van der Waals surface area (Å²) in [5.41, 5.74) is 15.1. The van der Waals surface area contributed by atoms with Gasteiger partial charge in [-0.15, -0.1) is 0 Å². The molecule has 0 bridgehead atoms. The number of aliphatic hydroxyl groups excluding tert-OH is 1. The lowest BCUT2D eigenvalue weighted by Crippen LogP contribution is -2.54. The van der Waals surface area contributed by atoms with Gasteiger partial charge in [-0.2, -0.15) is 4.39 Å². The van der Waals surface area contributed by atoms with Crippen molar-refractivity contribution in [1.82, 2.24) is 35.1 Å². The molecule has 2 aromatic heterocycles. The molecule has 2 aromatic carbocycles. The van der Waals surface area contributed by atoms with E-state index in [4.69, 9.17) is 20.9 Å². The summed E-state index contributed by atoms with van der Waals surface area (Å²) in [7, 11) is 3.13. The molecule has 3 heterocycles. The van der Waals surface area contributed by atoms with Crippen LogP contribution in [-0.4, -0.2) is 124 Å². The molecule has 4 aromatic rings. The van der Waals surface area contributed by atoms with Crippen molar-refractivity contribution in [2.45, 2.75) is 118 Å². The van der Waals surface area contributed by atoms with Crippen molar-refractivity contribution in [3.63, 3.8) is 0 Å². The van der Waals surface area contributed by atoms with E-state index in [1.807, 2.05) is 20.8 Å². The molecule has 0 saturated heterocycles. The third kappa shape index (κ3) is 17.4. The van der Waals surface area contributed by atoms with Crippen LogP contribution < -0.4 is 37.5 Å². The first kappa shape index (κ1) is 61.6. The van der Waals surface area contributed by atoms with Crippen molar-refractivity contribution >= 4 is 58.7 Å². The summed E-state index contributed by atoms with van der Waals surface area (Å²) in [5, 5.41) is 21.7. The summed E-state index contributed by atoms with van der Waals surface area (Å²) in [4.78, 5) is 99.6. The normalized spacial score (nSPS) is 14.2. The highest BCUT2D eigenvalue weighted by molar-refractivity contribution is 6.12. The molecule has 79 heavy (non-hydrogen) atoms. The molecule has 0 saturated carbocycles. The minimum absolute atomic E-state index is 0.0402. The second-order valence-corrected chi connectivity index (χ2v) is 20.6. The van der Waals surface area contributed by atoms with Crippen LogP contribution in [0.3, 0.4) is 0 Å². The molecule has 0 aliphatic carbocycles. The van der Waals surface area contributed by atoms with Gasteiger partial charge in [0, 0.05) is 86.6 Å². The number of amides is 8. The van der Waals surface area contributed by atoms with Crippen molar-refractivity contribution in [3.05, 3.63) is 107 Å². The van der Waals surface area contributed by atoms with Gasteiger partial charge < -0.3 is 56.6 Å². The standard InChI is InChI=1S/C56H73F2N11O10/c1-33(2)49(66-44(70)14-10-9-11-27-68-45(71)23-24-46(68)72)53(75)65-42(13-12-26-62-54(60)76)52(74)64-37-18-15-35(16-19-37)32-79-55(77)67(8)31-38-29-63-43-22-17-36(30-69(38)43)40-20-21-41(57)47(58)50(40)78-28-25-39(34(3)61-7)48(59)51(73)56(4,5)6/h15-24,29-30,33,42,49,51,73H,9-14,25-28,31-32,59H2,1-8H3,(H,64,74)(H,65,75)(H,66,70)(H3,60,62,76)/b48-39-,61-34?/t42-,49-,51?/m0/s1. The number of carbonyl (C=O) groups excluding carboxylic acids is 7. The summed E-state index contributed by atoms with van der Waals surface area (Å²) in [5.74, 6) is -5.26. The summed E-state index contributed by atoms with van der Waals surface area (Å²) in [6.07, 6.45) is 6.16. The van der Waals surface area contributed by atoms with Gasteiger partial charge in [0.1, 0.15) is 24.3 Å². The van der Waals surface area contributed by atoms with Gasteiger partial charge in [0.2, 0.25) is 23.5 Å². The predicted molar refractivity (Wildman–Crippen MR) is 293 cm³/mol. The van der Waals surface area contributed by atoms with Crippen LogP contribution in [0.4, 0.5) is 24.1 Å². The summed E-state index contributed by atoms with van der Waals surface area (Å²) < 4.78 is 43.5. The third-order valence-electron chi connectivity index (χ3n) is 13.1. The molecule has 1 unspecified atom stereocenters. The fourth-order valence-electron chi connectivity index (χ4n) is 8.45. The van der Waals surface area contributed by atoms with Crippen molar-refractivity contribution in [3.8, 4) is 16.9 Å². The monoisotopic (exact) mass is 1100 g/mol. The van der Waals surface area contributed by atoms with Crippen molar-refractivity contribution in [1.29, 1.82) is 0 Å². The van der Waals surface area contributed by atoms with Gasteiger partial charge in [0.05, 0.1) is 31.1 Å². The minimum atomic E-state index is -1.19. The number of halogens is 2. The average Bonchev–Trinajstić information content (AvgIpc) is 4.00. The Hall–Kier alpha value is -8.21. The van der Waals surface area contributed by atoms with Gasteiger partial charge >= 0.3 is 12.1 Å². The number of ether oxygens (including phenoxy) is 2. The van der Waals surface area contributed by atoms with Gasteiger partial charge in [-0.25, -0.2) is 19.0 Å². The van der Waals surface area contributed by atoms with Crippen molar-refractivity contribution < 1.29 is 56.9 Å². The van der Waals surface area contributed by atoms with E-state index in [1.54, 1.807) is 81.0 Å². The number of aromatic nitrogens is 2. The van der Waals surface area contributed by atoms with E-state index in [2.05, 4.69) is 31.2 Å². The number of pyridine rings is 1. The van der Waals surface area contributed by atoms with Crippen LogP contribution in [0.1, 0.15) is 97.7 Å². The van der Waals surface area contributed by atoms with Gasteiger partial charge in [-0.05, 0) is 91.5 Å². The summed E-state index contributed by atoms with van der Waals surface area (Å²) >= 11 is 0. The van der Waals surface area contributed by atoms with Gasteiger partial charge in [-0.1, -0.05) is 53.2 Å². The van der Waals surface area contributed by atoms with E-state index < -0.39 is 59.2 Å². The number of rotatable bonds is 27. The first-order valence-electron chi connectivity index (χ1n) is 26.0. The van der Waals surface area contributed by atoms with Crippen molar-refractivity contribution in [2.75, 3.05) is 39.1 Å². The quantitative estimate of drug-likeness (QED) is 0.0205. The Morgan fingerprint density at radius 2 is 1.59 bits per heavy atom. The molecule has 426 valence electrons. The Balaban J connectivity index is 1.17. The average molecular weight is 1100 g/mol. The summed E-state index contributed by atoms with van der Waals surface area (Å²) in [6, 6.07) is 9.45. The van der Waals surface area contributed by atoms with E-state index in [0.29, 0.717) is 58.7 Å². The van der Waals surface area contributed by atoms with Gasteiger partial charge in [-0.3, -0.25) is 33.9 Å². The Kier molecular flexibility index (Phi) is 22.2. The van der Waals surface area contributed by atoms with Gasteiger partial charge in [0.25, 0.3) is 11.8 Å². The van der Waals surface area contributed by atoms with Crippen LogP contribution in [0.2, 0.25) is 0 Å². The molecule has 0 radical (unpaired) electrons. The number of nitrogens with one attached hydrogen (secondary N) is 4. The van der Waals surface area contributed by atoms with Crippen LogP contribution >= 0.6 is 0 Å².